The first-order valence-electron chi connectivity index (χ1n) is 7.90. The number of hydrogen-bond donors (Lipinski definition) is 1. The van der Waals surface area contributed by atoms with E-state index in [1.165, 1.54) is 7.11 Å². The summed E-state index contributed by atoms with van der Waals surface area (Å²) >= 11 is 0. The Labute approximate surface area is 145 Å². The van der Waals surface area contributed by atoms with E-state index < -0.39 is 0 Å². The third-order valence-electron chi connectivity index (χ3n) is 3.83. The van der Waals surface area contributed by atoms with Gasteiger partial charge in [0.25, 0.3) is 5.91 Å². The normalized spacial score (nSPS) is 14.1. The number of benzene rings is 1. The van der Waals surface area contributed by atoms with Gasteiger partial charge in [-0.15, -0.1) is 0 Å². The minimum Gasteiger partial charge on any atom is -0.497 e. The monoisotopic (exact) mass is 344 g/mol. The van der Waals surface area contributed by atoms with Crippen LogP contribution in [0.25, 0.3) is 0 Å². The molecule has 1 aromatic carbocycles. The van der Waals surface area contributed by atoms with Gasteiger partial charge in [-0.25, -0.2) is 9.97 Å². The van der Waals surface area contributed by atoms with Gasteiger partial charge in [-0.2, -0.15) is 0 Å². The molecule has 1 aliphatic rings. The van der Waals surface area contributed by atoms with E-state index in [0.29, 0.717) is 49.4 Å². The van der Waals surface area contributed by atoms with Crippen molar-refractivity contribution in [2.45, 2.75) is 0 Å². The molecule has 1 amide bonds. The Hall–Kier alpha value is -2.87. The Bertz CT molecular complexity index is 747. The summed E-state index contributed by atoms with van der Waals surface area (Å²) in [7, 11) is 3.10. The predicted molar refractivity (Wildman–Crippen MR) is 92.6 cm³/mol. The van der Waals surface area contributed by atoms with Crippen molar-refractivity contribution < 1.29 is 19.0 Å². The van der Waals surface area contributed by atoms with E-state index >= 15 is 0 Å². The van der Waals surface area contributed by atoms with Crippen molar-refractivity contribution >= 4 is 17.5 Å². The molecule has 0 atom stereocenters. The number of rotatable bonds is 5. The maximum atomic E-state index is 12.5. The zero-order chi connectivity index (χ0) is 17.6. The third kappa shape index (κ3) is 3.97. The molecule has 8 heteroatoms. The lowest BCUT2D eigenvalue weighted by Crippen LogP contribution is -2.37. The number of methoxy groups -OCH3 is 2. The van der Waals surface area contributed by atoms with Crippen LogP contribution in [0.2, 0.25) is 0 Å². The molecule has 132 valence electrons. The van der Waals surface area contributed by atoms with Gasteiger partial charge < -0.3 is 24.4 Å². The van der Waals surface area contributed by atoms with Crippen LogP contribution in [-0.4, -0.2) is 56.4 Å². The Morgan fingerprint density at radius 3 is 2.72 bits per heavy atom. The molecule has 8 nitrogen and oxygen atoms in total. The van der Waals surface area contributed by atoms with Crippen LogP contribution >= 0.6 is 0 Å². The van der Waals surface area contributed by atoms with Gasteiger partial charge in [0.1, 0.15) is 17.2 Å². The first-order valence-corrected chi connectivity index (χ1v) is 7.90. The van der Waals surface area contributed by atoms with E-state index in [0.717, 1.165) is 0 Å². The number of nitrogens with zero attached hydrogens (tertiary/aromatic N) is 3. The number of aromatic nitrogens is 2. The molecule has 0 spiro atoms. The van der Waals surface area contributed by atoms with E-state index in [1.807, 2.05) is 4.90 Å². The van der Waals surface area contributed by atoms with Gasteiger partial charge in [0.2, 0.25) is 5.95 Å². The first kappa shape index (κ1) is 17.0. The molecule has 0 radical (unpaired) electrons. The number of amides is 1. The molecule has 3 rings (SSSR count). The first-order chi connectivity index (χ1) is 12.2. The average molecular weight is 344 g/mol. The van der Waals surface area contributed by atoms with Gasteiger partial charge in [-0.05, 0) is 18.2 Å². The molecule has 25 heavy (non-hydrogen) atoms. The summed E-state index contributed by atoms with van der Waals surface area (Å²) in [4.78, 5) is 23.1. The number of anilines is 2. The molecular weight excluding hydrogens is 324 g/mol. The van der Waals surface area contributed by atoms with E-state index in [1.54, 1.807) is 37.6 Å². The van der Waals surface area contributed by atoms with Crippen LogP contribution < -0.4 is 19.7 Å². The predicted octanol–water partition coefficient (Wildman–Crippen LogP) is 1.58. The number of carbonyl (C=O) groups is 1. The molecule has 1 saturated heterocycles. The molecule has 0 aliphatic carbocycles. The molecule has 2 heterocycles. The molecule has 2 aromatic rings. The van der Waals surface area contributed by atoms with Crippen molar-refractivity contribution in [3.63, 3.8) is 0 Å². The highest BCUT2D eigenvalue weighted by molar-refractivity contribution is 6.03. The van der Waals surface area contributed by atoms with E-state index in [2.05, 4.69) is 15.3 Å². The van der Waals surface area contributed by atoms with Crippen LogP contribution in [0.15, 0.2) is 30.5 Å². The Morgan fingerprint density at radius 2 is 2.00 bits per heavy atom. The quantitative estimate of drug-likeness (QED) is 0.881. The third-order valence-corrected chi connectivity index (χ3v) is 3.83. The second-order valence-electron chi connectivity index (χ2n) is 5.36. The minimum atomic E-state index is -0.333. The lowest BCUT2D eigenvalue weighted by Gasteiger charge is -2.26. The molecule has 0 bridgehead atoms. The number of morpholine rings is 1. The van der Waals surface area contributed by atoms with E-state index in [4.69, 9.17) is 14.2 Å². The van der Waals surface area contributed by atoms with Gasteiger partial charge in [0, 0.05) is 25.4 Å². The van der Waals surface area contributed by atoms with Crippen molar-refractivity contribution in [3.05, 3.63) is 36.2 Å². The Kier molecular flexibility index (Phi) is 5.30. The fraction of sp³-hybridized carbons (Fsp3) is 0.353. The van der Waals surface area contributed by atoms with Crippen molar-refractivity contribution in [1.29, 1.82) is 0 Å². The molecule has 1 aromatic heterocycles. The summed E-state index contributed by atoms with van der Waals surface area (Å²) < 4.78 is 15.8. The largest absolute Gasteiger partial charge is 0.497 e. The summed E-state index contributed by atoms with van der Waals surface area (Å²) in [5, 5.41) is 2.81. The SMILES string of the molecule is COc1ccc(NC(=O)c2ccnc(N3CCOCC3)n2)c(OC)c1. The summed E-state index contributed by atoms with van der Waals surface area (Å²) in [6.07, 6.45) is 1.58. The number of nitrogens with one attached hydrogen (secondary N) is 1. The standard InChI is InChI=1S/C17H20N4O4/c1-23-12-3-4-13(15(11-12)24-2)19-16(22)14-5-6-18-17(20-14)21-7-9-25-10-8-21/h3-6,11H,7-10H2,1-2H3,(H,19,22). The second-order valence-corrected chi connectivity index (χ2v) is 5.36. The maximum absolute atomic E-state index is 12.5. The van der Waals surface area contributed by atoms with E-state index in [-0.39, 0.29) is 11.6 Å². The topological polar surface area (TPSA) is 85.8 Å². The Morgan fingerprint density at radius 1 is 1.20 bits per heavy atom. The van der Waals surface area contributed by atoms with Crippen molar-refractivity contribution in [2.24, 2.45) is 0 Å². The molecule has 1 aliphatic heterocycles. The maximum Gasteiger partial charge on any atom is 0.274 e. The van der Waals surface area contributed by atoms with Gasteiger partial charge in [0.05, 0.1) is 33.1 Å². The van der Waals surface area contributed by atoms with E-state index in [9.17, 15) is 4.79 Å². The highest BCUT2D eigenvalue weighted by Crippen LogP contribution is 2.29. The van der Waals surface area contributed by atoms with Crippen LogP contribution in [0.5, 0.6) is 11.5 Å². The Balaban J connectivity index is 1.77. The lowest BCUT2D eigenvalue weighted by atomic mass is 10.2. The zero-order valence-electron chi connectivity index (χ0n) is 14.2. The number of carbonyl (C=O) groups excluding carboxylic acids is 1. The number of hydrogen-bond acceptors (Lipinski definition) is 7. The molecule has 1 fully saturated rings. The minimum absolute atomic E-state index is 0.286. The fourth-order valence-electron chi connectivity index (χ4n) is 2.48. The van der Waals surface area contributed by atoms with Crippen LogP contribution in [0.3, 0.4) is 0 Å². The number of ether oxygens (including phenoxy) is 3. The summed E-state index contributed by atoms with van der Waals surface area (Å²) in [6, 6.07) is 6.75. The highest BCUT2D eigenvalue weighted by atomic mass is 16.5. The average Bonchev–Trinajstić information content (AvgIpc) is 2.69. The molecular formula is C17H20N4O4. The smallest absolute Gasteiger partial charge is 0.274 e. The van der Waals surface area contributed by atoms with Gasteiger partial charge in [-0.3, -0.25) is 4.79 Å². The van der Waals surface area contributed by atoms with Crippen LogP contribution in [-0.2, 0) is 4.74 Å². The van der Waals surface area contributed by atoms with Crippen LogP contribution in [0.1, 0.15) is 10.5 Å². The molecule has 0 unspecified atom stereocenters. The van der Waals surface area contributed by atoms with Gasteiger partial charge in [0.15, 0.2) is 0 Å². The van der Waals surface area contributed by atoms with Gasteiger partial charge in [-0.1, -0.05) is 0 Å². The van der Waals surface area contributed by atoms with Crippen LogP contribution in [0, 0.1) is 0 Å². The van der Waals surface area contributed by atoms with Gasteiger partial charge >= 0.3 is 0 Å². The fourth-order valence-corrected chi connectivity index (χ4v) is 2.48. The zero-order valence-corrected chi connectivity index (χ0v) is 14.2. The van der Waals surface area contributed by atoms with Crippen molar-refractivity contribution in [2.75, 3.05) is 50.7 Å². The van der Waals surface area contributed by atoms with Crippen LogP contribution in [0.4, 0.5) is 11.6 Å². The molecule has 0 saturated carbocycles. The lowest BCUT2D eigenvalue weighted by molar-refractivity contribution is 0.102. The summed E-state index contributed by atoms with van der Waals surface area (Å²) in [5.74, 6) is 1.35. The van der Waals surface area contributed by atoms with Crippen molar-refractivity contribution in [3.8, 4) is 11.5 Å². The summed E-state index contributed by atoms with van der Waals surface area (Å²) in [6.45, 7) is 2.67. The highest BCUT2D eigenvalue weighted by Gasteiger charge is 2.17. The molecule has 1 N–H and O–H groups in total. The second kappa shape index (κ2) is 7.80. The van der Waals surface area contributed by atoms with Crippen molar-refractivity contribution in [1.82, 2.24) is 9.97 Å². The summed E-state index contributed by atoms with van der Waals surface area (Å²) in [5.41, 5.74) is 0.828.